The fraction of sp³-hybridized carbons (Fsp3) is 0.143. The molecule has 2 aromatic carbocycles. The number of methoxy groups -OCH3 is 1. The van der Waals surface area contributed by atoms with Crippen LogP contribution in [0.2, 0.25) is 0 Å². The second-order valence-electron chi connectivity index (χ2n) is 5.76. The third kappa shape index (κ3) is 3.52. The number of nitrogens with zero attached hydrogens (tertiary/aromatic N) is 1. The monoisotopic (exact) mass is 349 g/mol. The van der Waals surface area contributed by atoms with Gasteiger partial charge in [0.15, 0.2) is 0 Å². The molecule has 1 heterocycles. The number of hydrogen-bond acceptors (Lipinski definition) is 4. The maximum atomic E-state index is 12.7. The molecule has 1 atom stereocenters. The van der Waals surface area contributed by atoms with Gasteiger partial charge >= 0.3 is 11.9 Å². The fourth-order valence-electron chi connectivity index (χ4n) is 2.78. The summed E-state index contributed by atoms with van der Waals surface area (Å²) in [6, 6.07) is 19.8. The highest BCUT2D eigenvalue weighted by molar-refractivity contribution is 5.95. The van der Waals surface area contributed by atoms with Crippen molar-refractivity contribution in [3.05, 3.63) is 89.7 Å². The van der Waals surface area contributed by atoms with Crippen LogP contribution < -0.4 is 4.74 Å². The zero-order valence-electron chi connectivity index (χ0n) is 14.6. The van der Waals surface area contributed by atoms with Gasteiger partial charge in [-0.1, -0.05) is 42.5 Å². The molecule has 5 nitrogen and oxygen atoms in total. The lowest BCUT2D eigenvalue weighted by Gasteiger charge is -2.17. The molecule has 0 N–H and O–H groups in total. The van der Waals surface area contributed by atoms with Crippen molar-refractivity contribution in [2.24, 2.45) is 0 Å². The van der Waals surface area contributed by atoms with Crippen LogP contribution in [0.5, 0.6) is 5.75 Å². The molecular formula is C21H19NO4. The number of rotatable bonds is 5. The average Bonchev–Trinajstić information content (AvgIpc) is 3.18. The highest BCUT2D eigenvalue weighted by Crippen LogP contribution is 2.23. The van der Waals surface area contributed by atoms with Crippen LogP contribution in [0, 0.1) is 0 Å². The Kier molecular flexibility index (Phi) is 5.17. The standard InChI is InChI=1S/C21H19NO4/c1-15(16-9-4-3-5-10-16)22-14-8-12-18(22)21(24)26-19-13-7-6-11-17(19)20(23)25-2/h3-15H,1-2H3/t15-/m1/s1. The van der Waals surface area contributed by atoms with Crippen LogP contribution in [0.3, 0.4) is 0 Å². The summed E-state index contributed by atoms with van der Waals surface area (Å²) >= 11 is 0. The Hall–Kier alpha value is -3.34. The lowest BCUT2D eigenvalue weighted by Crippen LogP contribution is -2.18. The van der Waals surface area contributed by atoms with E-state index >= 15 is 0 Å². The Morgan fingerprint density at radius 1 is 0.885 bits per heavy atom. The molecule has 0 aliphatic rings. The van der Waals surface area contributed by atoms with E-state index in [0.29, 0.717) is 5.69 Å². The largest absolute Gasteiger partial charge is 0.465 e. The third-order valence-electron chi connectivity index (χ3n) is 4.18. The van der Waals surface area contributed by atoms with E-state index in [-0.39, 0.29) is 17.4 Å². The summed E-state index contributed by atoms with van der Waals surface area (Å²) in [5.41, 5.74) is 1.69. The van der Waals surface area contributed by atoms with E-state index in [2.05, 4.69) is 0 Å². The van der Waals surface area contributed by atoms with Gasteiger partial charge in [0, 0.05) is 6.20 Å². The number of aromatic nitrogens is 1. The van der Waals surface area contributed by atoms with Crippen molar-refractivity contribution >= 4 is 11.9 Å². The van der Waals surface area contributed by atoms with E-state index in [0.717, 1.165) is 5.56 Å². The average molecular weight is 349 g/mol. The van der Waals surface area contributed by atoms with Crippen molar-refractivity contribution in [2.75, 3.05) is 7.11 Å². The summed E-state index contributed by atoms with van der Waals surface area (Å²) in [6.45, 7) is 2.01. The molecular weight excluding hydrogens is 330 g/mol. The summed E-state index contributed by atoms with van der Waals surface area (Å²) in [5, 5.41) is 0. The molecule has 0 fully saturated rings. The molecule has 0 aliphatic carbocycles. The molecule has 0 saturated heterocycles. The Balaban J connectivity index is 1.87. The van der Waals surface area contributed by atoms with Gasteiger partial charge < -0.3 is 14.0 Å². The number of ether oxygens (including phenoxy) is 2. The molecule has 0 bridgehead atoms. The van der Waals surface area contributed by atoms with E-state index in [1.54, 1.807) is 36.4 Å². The lowest BCUT2D eigenvalue weighted by atomic mass is 10.1. The molecule has 26 heavy (non-hydrogen) atoms. The van der Waals surface area contributed by atoms with E-state index in [1.165, 1.54) is 7.11 Å². The Bertz CT molecular complexity index is 915. The number of carbonyl (C=O) groups is 2. The predicted molar refractivity (Wildman–Crippen MR) is 97.4 cm³/mol. The van der Waals surface area contributed by atoms with Crippen LogP contribution in [0.1, 0.15) is 39.4 Å². The highest BCUT2D eigenvalue weighted by Gasteiger charge is 2.20. The number of esters is 2. The summed E-state index contributed by atoms with van der Waals surface area (Å²) in [7, 11) is 1.29. The van der Waals surface area contributed by atoms with Gasteiger partial charge in [0.25, 0.3) is 0 Å². The van der Waals surface area contributed by atoms with Crippen molar-refractivity contribution in [1.29, 1.82) is 0 Å². The van der Waals surface area contributed by atoms with E-state index in [4.69, 9.17) is 9.47 Å². The quantitative estimate of drug-likeness (QED) is 0.514. The molecule has 3 rings (SSSR count). The minimum Gasteiger partial charge on any atom is -0.465 e. The first-order chi connectivity index (χ1) is 12.6. The number of carbonyl (C=O) groups excluding carboxylic acids is 2. The zero-order valence-corrected chi connectivity index (χ0v) is 14.6. The molecule has 0 unspecified atom stereocenters. The molecule has 132 valence electrons. The predicted octanol–water partition coefficient (Wildman–Crippen LogP) is 4.10. The Labute approximate surface area is 151 Å². The molecule has 0 spiro atoms. The normalized spacial score (nSPS) is 11.6. The number of hydrogen-bond donors (Lipinski definition) is 0. The lowest BCUT2D eigenvalue weighted by molar-refractivity contribution is 0.0592. The van der Waals surface area contributed by atoms with E-state index in [9.17, 15) is 9.59 Å². The van der Waals surface area contributed by atoms with Crippen molar-refractivity contribution in [2.45, 2.75) is 13.0 Å². The van der Waals surface area contributed by atoms with Crippen LogP contribution in [-0.2, 0) is 4.74 Å². The van der Waals surface area contributed by atoms with Gasteiger partial charge in [-0.15, -0.1) is 0 Å². The van der Waals surface area contributed by atoms with Gasteiger partial charge in [-0.05, 0) is 36.8 Å². The first-order valence-electron chi connectivity index (χ1n) is 8.23. The van der Waals surface area contributed by atoms with Crippen molar-refractivity contribution in [3.8, 4) is 5.75 Å². The third-order valence-corrected chi connectivity index (χ3v) is 4.18. The molecule has 0 aliphatic heterocycles. The molecule has 3 aromatic rings. The van der Waals surface area contributed by atoms with Crippen LogP contribution >= 0.6 is 0 Å². The molecule has 1 aromatic heterocycles. The minimum absolute atomic E-state index is 0.0374. The summed E-state index contributed by atoms with van der Waals surface area (Å²) in [4.78, 5) is 24.5. The van der Waals surface area contributed by atoms with Crippen LogP contribution in [0.25, 0.3) is 0 Å². The summed E-state index contributed by atoms with van der Waals surface area (Å²) in [5.74, 6) is -0.917. The highest BCUT2D eigenvalue weighted by atomic mass is 16.5. The molecule has 0 amide bonds. The first kappa shape index (κ1) is 17.5. The zero-order chi connectivity index (χ0) is 18.5. The SMILES string of the molecule is COC(=O)c1ccccc1OC(=O)c1cccn1[C@H](C)c1ccccc1. The van der Waals surface area contributed by atoms with E-state index < -0.39 is 11.9 Å². The van der Waals surface area contributed by atoms with E-state index in [1.807, 2.05) is 48.0 Å². The van der Waals surface area contributed by atoms with Crippen LogP contribution in [0.15, 0.2) is 72.9 Å². The van der Waals surface area contributed by atoms with Gasteiger partial charge in [0.05, 0.1) is 13.2 Å². The van der Waals surface area contributed by atoms with Gasteiger partial charge in [-0.2, -0.15) is 0 Å². The van der Waals surface area contributed by atoms with Crippen molar-refractivity contribution in [3.63, 3.8) is 0 Å². The second kappa shape index (κ2) is 7.70. The van der Waals surface area contributed by atoms with Gasteiger partial charge in [-0.25, -0.2) is 9.59 Å². The van der Waals surface area contributed by atoms with Crippen LogP contribution in [0.4, 0.5) is 0 Å². The molecule has 5 heteroatoms. The molecule has 0 radical (unpaired) electrons. The maximum Gasteiger partial charge on any atom is 0.360 e. The van der Waals surface area contributed by atoms with Crippen molar-refractivity contribution in [1.82, 2.24) is 4.57 Å². The summed E-state index contributed by atoms with van der Waals surface area (Å²) < 4.78 is 12.1. The first-order valence-corrected chi connectivity index (χ1v) is 8.23. The maximum absolute atomic E-state index is 12.7. The number of benzene rings is 2. The Morgan fingerprint density at radius 2 is 1.58 bits per heavy atom. The second-order valence-corrected chi connectivity index (χ2v) is 5.76. The topological polar surface area (TPSA) is 57.5 Å². The fourth-order valence-corrected chi connectivity index (χ4v) is 2.78. The summed E-state index contributed by atoms with van der Waals surface area (Å²) in [6.07, 6.45) is 1.83. The number of para-hydroxylation sites is 1. The van der Waals surface area contributed by atoms with Gasteiger partial charge in [-0.3, -0.25) is 0 Å². The van der Waals surface area contributed by atoms with Crippen LogP contribution in [-0.4, -0.2) is 23.6 Å². The van der Waals surface area contributed by atoms with Gasteiger partial charge in [0.2, 0.25) is 0 Å². The minimum atomic E-state index is -0.554. The van der Waals surface area contributed by atoms with Crippen molar-refractivity contribution < 1.29 is 19.1 Å². The molecule has 0 saturated carbocycles. The smallest absolute Gasteiger partial charge is 0.360 e. The Morgan fingerprint density at radius 3 is 2.31 bits per heavy atom. The van der Waals surface area contributed by atoms with Gasteiger partial charge in [0.1, 0.15) is 17.0 Å².